The Morgan fingerprint density at radius 1 is 1.37 bits per heavy atom. The van der Waals surface area contributed by atoms with E-state index >= 15 is 0 Å². The molecular weight excluding hydrogens is 287 g/mol. The van der Waals surface area contributed by atoms with Crippen molar-refractivity contribution < 1.29 is 12.8 Å². The van der Waals surface area contributed by atoms with E-state index in [1.54, 1.807) is 0 Å². The van der Waals surface area contributed by atoms with Gasteiger partial charge in [0, 0.05) is 18.2 Å². The minimum atomic E-state index is -3.59. The highest BCUT2D eigenvalue weighted by atomic mass is 32.2. The smallest absolute Gasteiger partial charge is 0.240 e. The fourth-order valence-corrected chi connectivity index (χ4v) is 4.44. The summed E-state index contributed by atoms with van der Waals surface area (Å²) in [7, 11) is -3.59. The zero-order valence-corrected chi connectivity index (χ0v) is 12.1. The Bertz CT molecular complexity index is 543. The minimum Gasteiger partial charge on any atom is -0.326 e. The second-order valence-corrected chi connectivity index (χ2v) is 7.40. The van der Waals surface area contributed by atoms with Crippen LogP contribution < -0.4 is 10.5 Å². The van der Waals surface area contributed by atoms with E-state index in [1.165, 1.54) is 12.1 Å². The summed E-state index contributed by atoms with van der Waals surface area (Å²) < 4.78 is 40.4. The zero-order chi connectivity index (χ0) is 13.9. The summed E-state index contributed by atoms with van der Waals surface area (Å²) >= 11 is 1.83. The van der Waals surface area contributed by atoms with E-state index in [2.05, 4.69) is 4.72 Å². The largest absolute Gasteiger partial charge is 0.326 e. The van der Waals surface area contributed by atoms with Gasteiger partial charge in [-0.25, -0.2) is 17.5 Å². The van der Waals surface area contributed by atoms with Gasteiger partial charge in [-0.2, -0.15) is 11.8 Å². The Morgan fingerprint density at radius 3 is 2.68 bits per heavy atom. The van der Waals surface area contributed by atoms with E-state index in [-0.39, 0.29) is 23.0 Å². The molecule has 2 rings (SSSR count). The van der Waals surface area contributed by atoms with Gasteiger partial charge in [-0.1, -0.05) is 0 Å². The van der Waals surface area contributed by atoms with Gasteiger partial charge in [0.2, 0.25) is 10.0 Å². The molecule has 0 unspecified atom stereocenters. The van der Waals surface area contributed by atoms with Crippen LogP contribution in [0, 0.1) is 5.82 Å². The molecule has 106 valence electrons. The van der Waals surface area contributed by atoms with Gasteiger partial charge in [0.1, 0.15) is 5.82 Å². The van der Waals surface area contributed by atoms with Crippen molar-refractivity contribution in [3.05, 3.63) is 29.6 Å². The van der Waals surface area contributed by atoms with Gasteiger partial charge in [0.25, 0.3) is 0 Å². The van der Waals surface area contributed by atoms with Crippen LogP contribution in [-0.4, -0.2) is 26.0 Å². The monoisotopic (exact) mass is 304 g/mol. The van der Waals surface area contributed by atoms with E-state index in [0.29, 0.717) is 0 Å². The summed E-state index contributed by atoms with van der Waals surface area (Å²) in [5.41, 5.74) is 5.60. The quantitative estimate of drug-likeness (QED) is 0.883. The predicted octanol–water partition coefficient (Wildman–Crippen LogP) is 1.46. The van der Waals surface area contributed by atoms with Crippen molar-refractivity contribution in [1.29, 1.82) is 0 Å². The summed E-state index contributed by atoms with van der Waals surface area (Å²) in [6.45, 7) is -0.0186. The lowest BCUT2D eigenvalue weighted by Crippen LogP contribution is -2.37. The average Bonchev–Trinajstić information content (AvgIpc) is 2.39. The van der Waals surface area contributed by atoms with Crippen LogP contribution in [-0.2, 0) is 16.6 Å². The van der Waals surface area contributed by atoms with E-state index < -0.39 is 15.8 Å². The Kier molecular flexibility index (Phi) is 4.83. The highest BCUT2D eigenvalue weighted by Gasteiger charge is 2.22. The third-order valence-electron chi connectivity index (χ3n) is 3.09. The molecular formula is C12H17FN2O2S2. The normalized spacial score (nSPS) is 17.6. The highest BCUT2D eigenvalue weighted by Crippen LogP contribution is 2.20. The van der Waals surface area contributed by atoms with Crippen LogP contribution in [0.15, 0.2) is 23.1 Å². The standard InChI is InChI=1S/C12H17FN2O2S2/c13-12-2-1-11(7-9(12)8-14)19(16,17)15-10-3-5-18-6-4-10/h1-2,7,10,15H,3-6,8,14H2. The number of hydrogen-bond donors (Lipinski definition) is 2. The minimum absolute atomic E-state index is 0.0186. The lowest BCUT2D eigenvalue weighted by atomic mass is 10.2. The van der Waals surface area contributed by atoms with E-state index in [0.717, 1.165) is 30.4 Å². The van der Waals surface area contributed by atoms with Gasteiger partial charge in [0.15, 0.2) is 0 Å². The first-order chi connectivity index (χ1) is 9.03. The number of benzene rings is 1. The summed E-state index contributed by atoms with van der Waals surface area (Å²) in [6, 6.07) is 3.69. The van der Waals surface area contributed by atoms with Crippen molar-refractivity contribution in [3.8, 4) is 0 Å². The van der Waals surface area contributed by atoms with Crippen molar-refractivity contribution >= 4 is 21.8 Å². The topological polar surface area (TPSA) is 72.2 Å². The molecule has 1 aliphatic heterocycles. The molecule has 1 saturated heterocycles. The molecule has 19 heavy (non-hydrogen) atoms. The van der Waals surface area contributed by atoms with Gasteiger partial charge < -0.3 is 5.73 Å². The molecule has 1 aromatic rings. The van der Waals surface area contributed by atoms with Gasteiger partial charge in [-0.05, 0) is 42.5 Å². The summed E-state index contributed by atoms with van der Waals surface area (Å²) in [5, 5.41) is 0. The average molecular weight is 304 g/mol. The van der Waals surface area contributed by atoms with Crippen LogP contribution in [0.4, 0.5) is 4.39 Å². The second-order valence-electron chi connectivity index (χ2n) is 4.47. The molecule has 4 nitrogen and oxygen atoms in total. The molecule has 0 radical (unpaired) electrons. The maximum Gasteiger partial charge on any atom is 0.240 e. The Hall–Kier alpha value is -0.630. The van der Waals surface area contributed by atoms with Crippen LogP contribution in [0.5, 0.6) is 0 Å². The maximum absolute atomic E-state index is 13.3. The maximum atomic E-state index is 13.3. The first-order valence-corrected chi connectivity index (χ1v) is 8.75. The molecule has 0 saturated carbocycles. The molecule has 0 bridgehead atoms. The number of halogens is 1. The summed E-state index contributed by atoms with van der Waals surface area (Å²) in [5.74, 6) is 1.45. The number of rotatable bonds is 4. The Balaban J connectivity index is 2.18. The van der Waals surface area contributed by atoms with Gasteiger partial charge >= 0.3 is 0 Å². The summed E-state index contributed by atoms with van der Waals surface area (Å²) in [6.07, 6.45) is 1.66. The molecule has 0 spiro atoms. The van der Waals surface area contributed by atoms with Crippen LogP contribution in [0.2, 0.25) is 0 Å². The third-order valence-corrected chi connectivity index (χ3v) is 5.66. The van der Waals surface area contributed by atoms with E-state index in [1.807, 2.05) is 11.8 Å². The second kappa shape index (κ2) is 6.21. The molecule has 0 atom stereocenters. The lowest BCUT2D eigenvalue weighted by Gasteiger charge is -2.22. The van der Waals surface area contributed by atoms with E-state index in [4.69, 9.17) is 5.73 Å². The van der Waals surface area contributed by atoms with Crippen molar-refractivity contribution in [2.24, 2.45) is 5.73 Å². The van der Waals surface area contributed by atoms with Gasteiger partial charge in [0.05, 0.1) is 4.90 Å². The van der Waals surface area contributed by atoms with Gasteiger partial charge in [-0.3, -0.25) is 0 Å². The van der Waals surface area contributed by atoms with Crippen LogP contribution >= 0.6 is 11.8 Å². The molecule has 0 amide bonds. The zero-order valence-electron chi connectivity index (χ0n) is 10.4. The van der Waals surface area contributed by atoms with Crippen molar-refractivity contribution in [2.45, 2.75) is 30.3 Å². The first-order valence-electron chi connectivity index (χ1n) is 6.11. The molecule has 1 heterocycles. The number of nitrogens with two attached hydrogens (primary N) is 1. The number of thioether (sulfide) groups is 1. The SMILES string of the molecule is NCc1cc(S(=O)(=O)NC2CCSCC2)ccc1F. The molecule has 1 aromatic carbocycles. The third kappa shape index (κ3) is 3.68. The van der Waals surface area contributed by atoms with Gasteiger partial charge in [-0.15, -0.1) is 0 Å². The van der Waals surface area contributed by atoms with Crippen molar-refractivity contribution in [2.75, 3.05) is 11.5 Å². The highest BCUT2D eigenvalue weighted by molar-refractivity contribution is 7.99. The lowest BCUT2D eigenvalue weighted by molar-refractivity contribution is 0.528. The summed E-state index contributed by atoms with van der Waals surface area (Å²) in [4.78, 5) is 0.0765. The number of sulfonamides is 1. The molecule has 0 aromatic heterocycles. The van der Waals surface area contributed by atoms with Crippen LogP contribution in [0.25, 0.3) is 0 Å². The number of nitrogens with one attached hydrogen (secondary N) is 1. The molecule has 3 N–H and O–H groups in total. The predicted molar refractivity (Wildman–Crippen MR) is 75.0 cm³/mol. The number of hydrogen-bond acceptors (Lipinski definition) is 4. The first kappa shape index (κ1) is 14.8. The molecule has 0 aliphatic carbocycles. The van der Waals surface area contributed by atoms with Crippen molar-refractivity contribution in [3.63, 3.8) is 0 Å². The van der Waals surface area contributed by atoms with Crippen LogP contribution in [0.1, 0.15) is 18.4 Å². The van der Waals surface area contributed by atoms with E-state index in [9.17, 15) is 12.8 Å². The van der Waals surface area contributed by atoms with Crippen molar-refractivity contribution in [1.82, 2.24) is 4.72 Å². The fourth-order valence-electron chi connectivity index (χ4n) is 1.98. The molecule has 1 aliphatic rings. The Labute approximate surface area is 117 Å². The Morgan fingerprint density at radius 2 is 2.05 bits per heavy atom. The fraction of sp³-hybridized carbons (Fsp3) is 0.500. The van der Waals surface area contributed by atoms with Crippen LogP contribution in [0.3, 0.4) is 0 Å². The molecule has 1 fully saturated rings. The molecule has 7 heteroatoms.